The quantitative estimate of drug-likeness (QED) is 0.246. The number of hydrogen-bond donors (Lipinski definition) is 1. The third-order valence-electron chi connectivity index (χ3n) is 8.26. The minimum atomic E-state index is 0.879. The molecular weight excluding hydrogens is 500 g/mol. The van der Waals surface area contributed by atoms with Crippen LogP contribution in [-0.4, -0.2) is 19.1 Å². The summed E-state index contributed by atoms with van der Waals surface area (Å²) < 4.78 is 4.82. The lowest BCUT2D eigenvalue weighted by atomic mass is 10.1. The molecule has 0 spiro atoms. The van der Waals surface area contributed by atoms with Crippen LogP contribution in [0.1, 0.15) is 0 Å². The smallest absolute Gasteiger partial charge is 0.138 e. The molecule has 9 aromatic rings. The lowest BCUT2D eigenvalue weighted by molar-refractivity contribution is 1.17. The largest absolute Gasteiger partial charge is 0.338 e. The van der Waals surface area contributed by atoms with E-state index >= 15 is 0 Å². The molecule has 0 atom stereocenters. The summed E-state index contributed by atoms with van der Waals surface area (Å²) in [5, 5.41) is 4.97. The van der Waals surface area contributed by atoms with E-state index in [1.165, 1.54) is 38.1 Å². The van der Waals surface area contributed by atoms with Crippen LogP contribution in [0.3, 0.4) is 0 Å². The van der Waals surface area contributed by atoms with Crippen molar-refractivity contribution >= 4 is 54.6 Å². The van der Waals surface area contributed by atoms with Crippen molar-refractivity contribution < 1.29 is 0 Å². The molecule has 1 N–H and O–H groups in total. The normalized spacial score (nSPS) is 11.9. The highest BCUT2D eigenvalue weighted by Gasteiger charge is 2.21. The fourth-order valence-corrected chi connectivity index (χ4v) is 6.49. The average molecular weight is 525 g/mol. The Morgan fingerprint density at radius 2 is 1.17 bits per heavy atom. The summed E-state index contributed by atoms with van der Waals surface area (Å²) in [7, 11) is 0. The van der Waals surface area contributed by atoms with Crippen LogP contribution in [-0.2, 0) is 0 Å². The van der Waals surface area contributed by atoms with E-state index < -0.39 is 0 Å². The van der Waals surface area contributed by atoms with Gasteiger partial charge in [-0.05, 0) is 54.6 Å². The molecule has 0 amide bonds. The average Bonchev–Trinajstić information content (AvgIpc) is 3.71. The molecule has 3 aromatic heterocycles. The zero-order valence-corrected chi connectivity index (χ0v) is 22.1. The number of H-pyrrole nitrogens is 1. The van der Waals surface area contributed by atoms with Crippen LogP contribution in [0.4, 0.5) is 0 Å². The Balaban J connectivity index is 1.44. The molecule has 9 rings (SSSR count). The highest BCUT2D eigenvalue weighted by atomic mass is 15.0. The Morgan fingerprint density at radius 1 is 0.488 bits per heavy atom. The fraction of sp³-hybridized carbons (Fsp3) is 0. The van der Waals surface area contributed by atoms with Crippen LogP contribution in [0, 0.1) is 0 Å². The van der Waals surface area contributed by atoms with Crippen molar-refractivity contribution in [2.75, 3.05) is 0 Å². The molecule has 3 heterocycles. The van der Waals surface area contributed by atoms with Crippen LogP contribution in [0.2, 0.25) is 0 Å². The lowest BCUT2D eigenvalue weighted by Crippen LogP contribution is -1.95. The van der Waals surface area contributed by atoms with E-state index in [1.807, 2.05) is 18.2 Å². The first kappa shape index (κ1) is 22.2. The Morgan fingerprint density at radius 3 is 1.98 bits per heavy atom. The maximum Gasteiger partial charge on any atom is 0.138 e. The molecule has 0 aliphatic rings. The Hall–Kier alpha value is -5.61. The van der Waals surface area contributed by atoms with Crippen molar-refractivity contribution in [1.82, 2.24) is 19.1 Å². The number of para-hydroxylation sites is 5. The topological polar surface area (TPSA) is 38.5 Å². The van der Waals surface area contributed by atoms with Crippen molar-refractivity contribution in [3.63, 3.8) is 0 Å². The summed E-state index contributed by atoms with van der Waals surface area (Å²) in [6.07, 6.45) is 0. The zero-order chi connectivity index (χ0) is 26.9. The first-order chi connectivity index (χ1) is 20.3. The van der Waals surface area contributed by atoms with Crippen molar-refractivity contribution in [1.29, 1.82) is 0 Å². The van der Waals surface area contributed by atoms with Crippen LogP contribution >= 0.6 is 0 Å². The predicted molar refractivity (Wildman–Crippen MR) is 170 cm³/mol. The second kappa shape index (κ2) is 8.44. The first-order valence-electron chi connectivity index (χ1n) is 13.9. The van der Waals surface area contributed by atoms with E-state index in [0.29, 0.717) is 0 Å². The monoisotopic (exact) mass is 524 g/mol. The lowest BCUT2D eigenvalue weighted by Gasteiger charge is -2.10. The number of nitrogens with zero attached hydrogens (tertiary/aromatic N) is 3. The predicted octanol–water partition coefficient (Wildman–Crippen LogP) is 9.42. The maximum atomic E-state index is 4.91. The van der Waals surface area contributed by atoms with E-state index in [0.717, 1.165) is 39.3 Å². The van der Waals surface area contributed by atoms with E-state index in [9.17, 15) is 0 Å². The summed E-state index contributed by atoms with van der Waals surface area (Å²) in [5.41, 5.74) is 10.2. The van der Waals surface area contributed by atoms with Gasteiger partial charge >= 0.3 is 0 Å². The molecule has 0 aliphatic carbocycles. The van der Waals surface area contributed by atoms with Gasteiger partial charge in [-0.15, -0.1) is 0 Å². The Bertz CT molecular complexity index is 2370. The Labute approximate surface area is 235 Å². The van der Waals surface area contributed by atoms with E-state index in [-0.39, 0.29) is 0 Å². The van der Waals surface area contributed by atoms with Crippen LogP contribution in [0.15, 0.2) is 140 Å². The third-order valence-corrected chi connectivity index (χ3v) is 8.26. The molecule has 6 aromatic carbocycles. The highest BCUT2D eigenvalue weighted by molar-refractivity contribution is 6.26. The number of hydrogen-bond acceptors (Lipinski definition) is 1. The van der Waals surface area contributed by atoms with Crippen LogP contribution < -0.4 is 0 Å². The number of rotatable bonds is 3. The molecule has 0 unspecified atom stereocenters. The molecule has 0 saturated carbocycles. The molecule has 0 saturated heterocycles. The van der Waals surface area contributed by atoms with Crippen molar-refractivity contribution in [2.24, 2.45) is 0 Å². The van der Waals surface area contributed by atoms with Gasteiger partial charge in [-0.1, -0.05) is 84.9 Å². The SMILES string of the molecule is c1ccc(-n2c3ccccc3c3c2ccc2c4ccc(-c5nc6ccccc6[nH]5)cc4n(-c4ccccc4)c23)cc1. The van der Waals surface area contributed by atoms with Gasteiger partial charge in [0.15, 0.2) is 0 Å². The van der Waals surface area contributed by atoms with Gasteiger partial charge < -0.3 is 14.1 Å². The van der Waals surface area contributed by atoms with Gasteiger partial charge in [0, 0.05) is 38.5 Å². The summed E-state index contributed by atoms with van der Waals surface area (Å²) in [6, 6.07) is 49.6. The van der Waals surface area contributed by atoms with Crippen LogP contribution in [0.5, 0.6) is 0 Å². The molecule has 0 radical (unpaired) electrons. The number of imidazole rings is 1. The summed E-state index contributed by atoms with van der Waals surface area (Å²) in [6.45, 7) is 0. The summed E-state index contributed by atoms with van der Waals surface area (Å²) >= 11 is 0. The van der Waals surface area contributed by atoms with Crippen molar-refractivity contribution in [3.05, 3.63) is 140 Å². The van der Waals surface area contributed by atoms with Gasteiger partial charge in [-0.25, -0.2) is 4.98 Å². The highest BCUT2D eigenvalue weighted by Crippen LogP contribution is 2.42. The summed E-state index contributed by atoms with van der Waals surface area (Å²) in [5.74, 6) is 0.879. The second-order valence-corrected chi connectivity index (χ2v) is 10.5. The second-order valence-electron chi connectivity index (χ2n) is 10.5. The number of aromatic amines is 1. The van der Waals surface area contributed by atoms with Gasteiger partial charge in [0.05, 0.1) is 33.1 Å². The van der Waals surface area contributed by atoms with Gasteiger partial charge in [0.2, 0.25) is 0 Å². The molecule has 0 bridgehead atoms. The molecule has 4 nitrogen and oxygen atoms in total. The summed E-state index contributed by atoms with van der Waals surface area (Å²) in [4.78, 5) is 8.43. The standard InChI is InChI=1S/C37H24N4/c1-3-11-25(12-4-1)40-32-18-10-7-15-29(32)35-33(40)22-21-28-27-20-19-24(37-38-30-16-8-9-17-31(30)39-37)23-34(27)41(36(28)35)26-13-5-2-6-14-26/h1-23H,(H,38,39). The van der Waals surface area contributed by atoms with Gasteiger partial charge in [0.25, 0.3) is 0 Å². The van der Waals surface area contributed by atoms with Crippen LogP contribution in [0.25, 0.3) is 77.4 Å². The van der Waals surface area contributed by atoms with Crippen molar-refractivity contribution in [2.45, 2.75) is 0 Å². The van der Waals surface area contributed by atoms with Gasteiger partial charge in [-0.3, -0.25) is 0 Å². The minimum Gasteiger partial charge on any atom is -0.338 e. The molecule has 0 fully saturated rings. The molecule has 0 aliphatic heterocycles. The molecule has 4 heteroatoms. The van der Waals surface area contributed by atoms with E-state index in [2.05, 4.69) is 135 Å². The van der Waals surface area contributed by atoms with E-state index in [4.69, 9.17) is 4.98 Å². The molecule has 192 valence electrons. The minimum absolute atomic E-state index is 0.879. The Kier molecular flexibility index (Phi) is 4.58. The first-order valence-corrected chi connectivity index (χ1v) is 13.9. The number of fused-ring (bicyclic) bond motifs is 8. The van der Waals surface area contributed by atoms with Crippen molar-refractivity contribution in [3.8, 4) is 22.8 Å². The fourth-order valence-electron chi connectivity index (χ4n) is 6.49. The number of aromatic nitrogens is 4. The molecular formula is C37H24N4. The molecule has 41 heavy (non-hydrogen) atoms. The van der Waals surface area contributed by atoms with E-state index in [1.54, 1.807) is 0 Å². The third kappa shape index (κ3) is 3.19. The zero-order valence-electron chi connectivity index (χ0n) is 22.1. The number of nitrogens with one attached hydrogen (secondary N) is 1. The van der Waals surface area contributed by atoms with Gasteiger partial charge in [-0.2, -0.15) is 0 Å². The number of benzene rings is 6. The maximum absolute atomic E-state index is 4.91. The van der Waals surface area contributed by atoms with Gasteiger partial charge in [0.1, 0.15) is 5.82 Å².